The Kier molecular flexibility index (Phi) is 7.46. The third-order valence-electron chi connectivity index (χ3n) is 6.08. The highest BCUT2D eigenvalue weighted by molar-refractivity contribution is 6.36. The van der Waals surface area contributed by atoms with Crippen LogP contribution in [-0.2, 0) is 11.4 Å². The number of hydrogen-bond donors (Lipinski definition) is 2. The van der Waals surface area contributed by atoms with Crippen molar-refractivity contribution in [1.82, 2.24) is 14.8 Å². The molecule has 8 nitrogen and oxygen atoms in total. The molecule has 0 aliphatic carbocycles. The first-order chi connectivity index (χ1) is 18.4. The third-order valence-corrected chi connectivity index (χ3v) is 7.04. The maximum absolute atomic E-state index is 13.5. The lowest BCUT2D eigenvalue weighted by molar-refractivity contribution is -0.113. The molecule has 0 saturated carbocycles. The minimum Gasteiger partial charge on any atom is -0.493 e. The van der Waals surface area contributed by atoms with E-state index >= 15 is 0 Å². The summed E-state index contributed by atoms with van der Waals surface area (Å²) in [6, 6.07) is 17.1. The van der Waals surface area contributed by atoms with Crippen molar-refractivity contribution >= 4 is 52.3 Å². The Labute approximate surface area is 234 Å². The predicted molar refractivity (Wildman–Crippen MR) is 148 cm³/mol. The van der Waals surface area contributed by atoms with Gasteiger partial charge in [0.2, 0.25) is 5.95 Å². The van der Waals surface area contributed by atoms with Crippen molar-refractivity contribution in [2.45, 2.75) is 19.6 Å². The van der Waals surface area contributed by atoms with Gasteiger partial charge >= 0.3 is 0 Å². The molecule has 1 atom stereocenters. The zero-order chi connectivity index (χ0) is 26.8. The second-order valence-electron chi connectivity index (χ2n) is 8.45. The molecule has 11 heteroatoms. The van der Waals surface area contributed by atoms with E-state index in [0.29, 0.717) is 55.0 Å². The summed E-state index contributed by atoms with van der Waals surface area (Å²) in [5.41, 5.74) is 3.15. The van der Waals surface area contributed by atoms with Crippen LogP contribution in [0.2, 0.25) is 15.1 Å². The molecule has 38 heavy (non-hydrogen) atoms. The molecule has 1 aliphatic rings. The zero-order valence-corrected chi connectivity index (χ0v) is 22.6. The van der Waals surface area contributed by atoms with Gasteiger partial charge in [-0.3, -0.25) is 4.79 Å². The van der Waals surface area contributed by atoms with Crippen molar-refractivity contribution in [3.05, 3.63) is 104 Å². The van der Waals surface area contributed by atoms with Gasteiger partial charge in [-0.05, 0) is 61.0 Å². The van der Waals surface area contributed by atoms with Crippen LogP contribution in [0.5, 0.6) is 11.5 Å². The highest BCUT2D eigenvalue weighted by atomic mass is 35.5. The Hall–Kier alpha value is -3.72. The van der Waals surface area contributed by atoms with Gasteiger partial charge in [-0.15, -0.1) is 0 Å². The van der Waals surface area contributed by atoms with Crippen molar-refractivity contribution in [3.8, 4) is 11.5 Å². The second kappa shape index (κ2) is 10.9. The fourth-order valence-corrected chi connectivity index (χ4v) is 4.85. The van der Waals surface area contributed by atoms with Gasteiger partial charge in [0.15, 0.2) is 11.5 Å². The smallest absolute Gasteiger partial charge is 0.255 e. The van der Waals surface area contributed by atoms with Crippen LogP contribution < -0.4 is 20.1 Å². The van der Waals surface area contributed by atoms with E-state index in [4.69, 9.17) is 44.3 Å². The summed E-state index contributed by atoms with van der Waals surface area (Å²) in [6.45, 7) is 1.98. The second-order valence-corrected chi connectivity index (χ2v) is 9.71. The van der Waals surface area contributed by atoms with Crippen LogP contribution >= 0.6 is 34.8 Å². The summed E-state index contributed by atoms with van der Waals surface area (Å²) in [5.74, 6) is 1.19. The number of hydrogen-bond acceptors (Lipinski definition) is 6. The van der Waals surface area contributed by atoms with Crippen molar-refractivity contribution in [2.75, 3.05) is 17.7 Å². The molecule has 5 rings (SSSR count). The number of ether oxygens (including phenoxy) is 2. The largest absolute Gasteiger partial charge is 0.493 e. The van der Waals surface area contributed by atoms with E-state index in [-0.39, 0.29) is 12.5 Å². The number of rotatable bonds is 7. The number of benzene rings is 3. The molecular weight excluding hydrogens is 549 g/mol. The summed E-state index contributed by atoms with van der Waals surface area (Å²) in [7, 11) is 1.55. The SMILES string of the molecule is COc1cc(C2C(C(=O)Nc3ccc(Cl)cc3)=C(C)Nc3ncnn32)ccc1OCc1c(Cl)cccc1Cl. The first kappa shape index (κ1) is 25.9. The Bertz CT molecular complexity index is 1520. The Morgan fingerprint density at radius 3 is 2.50 bits per heavy atom. The first-order valence-electron chi connectivity index (χ1n) is 11.5. The summed E-state index contributed by atoms with van der Waals surface area (Å²) >= 11 is 18.6. The minimum atomic E-state index is -0.581. The van der Waals surface area contributed by atoms with Crippen LogP contribution in [0.25, 0.3) is 0 Å². The van der Waals surface area contributed by atoms with Gasteiger partial charge in [0, 0.05) is 32.0 Å². The highest BCUT2D eigenvalue weighted by Gasteiger charge is 2.34. The maximum atomic E-state index is 13.5. The summed E-state index contributed by atoms with van der Waals surface area (Å²) < 4.78 is 13.3. The number of anilines is 2. The summed E-state index contributed by atoms with van der Waals surface area (Å²) in [5, 5.41) is 12.1. The molecule has 1 amide bonds. The van der Waals surface area contributed by atoms with Crippen LogP contribution in [0, 0.1) is 0 Å². The average Bonchev–Trinajstić information content (AvgIpc) is 3.37. The van der Waals surface area contributed by atoms with E-state index in [9.17, 15) is 4.79 Å². The van der Waals surface area contributed by atoms with Crippen molar-refractivity contribution in [1.29, 1.82) is 0 Å². The van der Waals surface area contributed by atoms with Crippen molar-refractivity contribution in [3.63, 3.8) is 0 Å². The number of aromatic nitrogens is 3. The molecule has 1 unspecified atom stereocenters. The van der Waals surface area contributed by atoms with Gasteiger partial charge in [-0.1, -0.05) is 46.9 Å². The summed E-state index contributed by atoms with van der Waals surface area (Å²) in [4.78, 5) is 17.8. The topological polar surface area (TPSA) is 90.3 Å². The number of nitrogens with one attached hydrogen (secondary N) is 2. The lowest BCUT2D eigenvalue weighted by Crippen LogP contribution is -2.31. The molecule has 3 aromatic carbocycles. The number of methoxy groups -OCH3 is 1. The minimum absolute atomic E-state index is 0.155. The van der Waals surface area contributed by atoms with Gasteiger partial charge < -0.3 is 20.1 Å². The molecule has 1 aromatic heterocycles. The average molecular weight is 571 g/mol. The number of halogens is 3. The maximum Gasteiger partial charge on any atom is 0.255 e. The monoisotopic (exact) mass is 569 g/mol. The molecule has 2 heterocycles. The standard InChI is InChI=1S/C27H22Cl3N5O3/c1-15-24(26(36)34-18-9-7-17(28)8-10-18)25(35-27(33-15)31-14-32-35)16-6-11-22(23(12-16)37-2)38-13-19-20(29)4-3-5-21(19)30/h3-12,14,25H,13H2,1-2H3,(H,34,36)(H,31,32,33). The van der Waals surface area contributed by atoms with Crippen LogP contribution in [0.1, 0.15) is 24.1 Å². The molecule has 0 saturated heterocycles. The Morgan fingerprint density at radius 1 is 1.05 bits per heavy atom. The van der Waals surface area contributed by atoms with Gasteiger partial charge in [0.25, 0.3) is 5.91 Å². The van der Waals surface area contributed by atoms with Crippen LogP contribution in [0.15, 0.2) is 78.3 Å². The number of allylic oxidation sites excluding steroid dienone is 1. The van der Waals surface area contributed by atoms with Crippen LogP contribution in [-0.4, -0.2) is 27.8 Å². The highest BCUT2D eigenvalue weighted by Crippen LogP contribution is 2.39. The number of amides is 1. The number of carbonyl (C=O) groups excluding carboxylic acids is 1. The summed E-state index contributed by atoms with van der Waals surface area (Å²) in [6.07, 6.45) is 1.44. The van der Waals surface area contributed by atoms with E-state index < -0.39 is 6.04 Å². The lowest BCUT2D eigenvalue weighted by atomic mass is 9.94. The molecule has 0 spiro atoms. The lowest BCUT2D eigenvalue weighted by Gasteiger charge is -2.29. The molecular formula is C27H22Cl3N5O3. The van der Waals surface area contributed by atoms with E-state index in [0.717, 1.165) is 5.56 Å². The van der Waals surface area contributed by atoms with Gasteiger partial charge in [-0.2, -0.15) is 10.1 Å². The van der Waals surface area contributed by atoms with E-state index in [1.165, 1.54) is 6.33 Å². The van der Waals surface area contributed by atoms with Crippen LogP contribution in [0.3, 0.4) is 0 Å². The number of nitrogens with zero attached hydrogens (tertiary/aromatic N) is 3. The molecule has 2 N–H and O–H groups in total. The van der Waals surface area contributed by atoms with Crippen molar-refractivity contribution < 1.29 is 14.3 Å². The van der Waals surface area contributed by atoms with Crippen molar-refractivity contribution in [2.24, 2.45) is 0 Å². The number of carbonyl (C=O) groups is 1. The normalized spacial score (nSPS) is 14.5. The molecule has 1 aliphatic heterocycles. The first-order valence-corrected chi connectivity index (χ1v) is 12.7. The Morgan fingerprint density at radius 2 is 1.79 bits per heavy atom. The van der Waals surface area contributed by atoms with Gasteiger partial charge in [0.1, 0.15) is 19.0 Å². The predicted octanol–water partition coefficient (Wildman–Crippen LogP) is 6.75. The van der Waals surface area contributed by atoms with E-state index in [1.807, 2.05) is 19.1 Å². The molecule has 4 aromatic rings. The molecule has 194 valence electrons. The molecule has 0 radical (unpaired) electrons. The zero-order valence-electron chi connectivity index (χ0n) is 20.3. The Balaban J connectivity index is 1.48. The van der Waals surface area contributed by atoms with Gasteiger partial charge in [-0.25, -0.2) is 4.68 Å². The van der Waals surface area contributed by atoms with Gasteiger partial charge in [0.05, 0.1) is 12.7 Å². The van der Waals surface area contributed by atoms with E-state index in [2.05, 4.69) is 20.7 Å². The number of fused-ring (bicyclic) bond motifs is 1. The fourth-order valence-electron chi connectivity index (χ4n) is 4.22. The van der Waals surface area contributed by atoms with Crippen LogP contribution in [0.4, 0.5) is 11.6 Å². The fraction of sp³-hybridized carbons (Fsp3) is 0.148. The third kappa shape index (κ3) is 5.15. The molecule has 0 bridgehead atoms. The quantitative estimate of drug-likeness (QED) is 0.255. The van der Waals surface area contributed by atoms with E-state index in [1.54, 1.807) is 60.3 Å². The molecule has 0 fully saturated rings.